The lowest BCUT2D eigenvalue weighted by Gasteiger charge is -2.60. The highest BCUT2D eigenvalue weighted by molar-refractivity contribution is 9.10. The first-order valence-corrected chi connectivity index (χ1v) is 52.1. The molecule has 138 heavy (non-hydrogen) atoms. The van der Waals surface area contributed by atoms with Crippen molar-refractivity contribution in [3.63, 3.8) is 0 Å². The first-order valence-electron chi connectivity index (χ1n) is 50.4. The number of nitrogens with one attached hydrogen (secondary N) is 4. The van der Waals surface area contributed by atoms with E-state index >= 15 is 0 Å². The maximum Gasteiger partial charge on any atom is 0.272 e. The molecule has 12 atom stereocenters. The van der Waals surface area contributed by atoms with Gasteiger partial charge >= 0.3 is 0 Å². The van der Waals surface area contributed by atoms with Gasteiger partial charge in [-0.05, 0) is 331 Å². The number of unbranched alkanes of at least 4 members (excludes halogenated alkanes) is 2. The number of aryl methyl sites for hydroxylation is 7. The lowest BCUT2D eigenvalue weighted by Crippen LogP contribution is -2.54. The molecule has 7 aromatic carbocycles. The highest BCUT2D eigenvalue weighted by atomic mass is 79.9. The number of amides is 4. The summed E-state index contributed by atoms with van der Waals surface area (Å²) >= 11 is 15.6. The average molecular weight is 1980 g/mol. The van der Waals surface area contributed by atoms with E-state index < -0.39 is 34.9 Å². The van der Waals surface area contributed by atoms with E-state index in [0.717, 1.165) is 202 Å². The molecule has 0 aliphatic heterocycles. The number of carbonyl (C=O) groups excluding carboxylic acids is 4. The predicted octanol–water partition coefficient (Wildman–Crippen LogP) is 25.0. The minimum atomic E-state index is -0.729. The molecule has 16 nitrogen and oxygen atoms in total. The van der Waals surface area contributed by atoms with E-state index in [4.69, 9.17) is 28.3 Å². The van der Waals surface area contributed by atoms with Gasteiger partial charge in [0.2, 0.25) is 0 Å². The maximum atomic E-state index is 14.9. The third-order valence-corrected chi connectivity index (χ3v) is 36.6. The van der Waals surface area contributed by atoms with Crippen molar-refractivity contribution in [3.8, 4) is 62.1 Å². The van der Waals surface area contributed by atoms with Crippen LogP contribution in [0.1, 0.15) is 249 Å². The van der Waals surface area contributed by atoms with Crippen LogP contribution in [0, 0.1) is 141 Å². The van der Waals surface area contributed by atoms with Crippen LogP contribution in [0.3, 0.4) is 0 Å². The molecule has 8 bridgehead atoms. The Hall–Kier alpha value is -10.1. The zero-order chi connectivity index (χ0) is 96.6. The third-order valence-electron chi connectivity index (χ3n) is 35.6. The van der Waals surface area contributed by atoms with Crippen molar-refractivity contribution in [1.29, 1.82) is 0 Å². The number of hydrogen-bond acceptors (Lipinski definition) is 8. The molecule has 724 valence electrons. The summed E-state index contributed by atoms with van der Waals surface area (Å²) in [6.07, 6.45) is 23.9. The van der Waals surface area contributed by atoms with E-state index in [1.165, 1.54) is 125 Å². The summed E-state index contributed by atoms with van der Waals surface area (Å²) < 4.78 is 93.0. The number of rotatable bonds is 20. The minimum absolute atomic E-state index is 0.0144. The molecule has 25 heteroatoms. The van der Waals surface area contributed by atoms with Crippen molar-refractivity contribution in [2.75, 3.05) is 32.1 Å². The number of carbonyl (C=O) groups is 4. The van der Waals surface area contributed by atoms with Gasteiger partial charge in [-0.25, -0.2) is 40.4 Å². The number of alkyl halides is 1. The summed E-state index contributed by atoms with van der Waals surface area (Å²) in [5.74, 6) is 3.98. The molecule has 16 aliphatic carbocycles. The first-order chi connectivity index (χ1) is 66.1. The fourth-order valence-electron chi connectivity index (χ4n) is 27.3. The van der Waals surface area contributed by atoms with E-state index in [9.17, 15) is 45.5 Å². The zero-order valence-corrected chi connectivity index (χ0v) is 83.8. The second-order valence-corrected chi connectivity index (χ2v) is 46.0. The smallest absolute Gasteiger partial charge is 0.272 e. The van der Waals surface area contributed by atoms with Crippen LogP contribution in [0.25, 0.3) is 62.1 Å². The minimum Gasteiger partial charge on any atom is -0.350 e. The van der Waals surface area contributed by atoms with Crippen LogP contribution in [-0.4, -0.2) is 94.8 Å². The number of nitrogens with zero attached hydrogens (tertiary/aromatic N) is 8. The van der Waals surface area contributed by atoms with Crippen molar-refractivity contribution in [3.05, 3.63) is 250 Å². The number of halogens is 9. The van der Waals surface area contributed by atoms with Gasteiger partial charge in [-0.3, -0.25) is 23.9 Å². The van der Waals surface area contributed by atoms with Gasteiger partial charge < -0.3 is 21.3 Å². The molecule has 27 rings (SSSR count). The van der Waals surface area contributed by atoms with Crippen LogP contribution < -0.4 is 21.3 Å². The Morgan fingerprint density at radius 3 is 1.01 bits per heavy atom. The first kappa shape index (κ1) is 95.4. The molecule has 16 aliphatic rings. The summed E-state index contributed by atoms with van der Waals surface area (Å²) in [4.78, 5) is 53.7. The molecule has 0 spiro atoms. The van der Waals surface area contributed by atoms with Gasteiger partial charge in [-0.15, -0.1) is 11.6 Å². The fraction of sp³-hybridized carbons (Fsp3) is 0.487. The molecule has 11 aromatic rings. The SMILES string of the molecule is CC1(C)C2CCC(CNC(=O)c3nn(-c4ccc(F)cc4F)c4c3CCc3cc(Br)ccc3-4)C1C2.CC1(C)C2CCC(CNC(=O)c3nn(-c4ccc(F)cc4F)c4c3CCc3cc(Cl)ccc3-4)C1C2.Cc1ccc2c(c1)CCc1c(C(=O)NCC3CCC4CC3C4(C)C)nn(-c3ccc(F)cc3F)c1-2.Cc1ccc2c(c1)CCc1c(C(=O)NCC3CCC4CC3C4(C)C)nn(CCCCCCl)c1-2. The molecule has 4 amide bonds. The molecule has 0 saturated heterocycles. The Morgan fingerprint density at radius 2 is 0.681 bits per heavy atom. The highest BCUT2D eigenvalue weighted by Gasteiger charge is 2.58. The van der Waals surface area contributed by atoms with E-state index in [1.54, 1.807) is 6.07 Å². The van der Waals surface area contributed by atoms with Gasteiger partial charge in [0.1, 0.15) is 34.5 Å². The molecule has 4 aromatic heterocycles. The standard InChI is InChI=1S/C29H31F2N3O.C28H28BrF2N3O.C28H28ClF2N3O.C28H38ClN3O/c1-16-4-9-21-17(12-16)6-10-22-26(33-34(27(21)22)25-11-8-20(30)14-24(25)31)28(35)32-15-18-5-7-19-13-23(18)29(19,2)3;2*1-28(2)17-5-3-16(22(28)12-17)14-32-27(35)25-21-8-4-15-11-18(29)6-9-20(15)26(21)34(33-25)24-10-7-19(30)13-23(24)31;1-18-7-11-22-19(15-18)9-12-23-25(31-32(26(22)23)14-6-4-5-13-29)27(33)30-17-20-8-10-21-16-24(20)28(21,2)3/h4,8-9,11-12,14,18-19,23H,5-7,10,13,15H2,1-3H3,(H,32,35);2*6-7,9-11,13,16-17,22H,3-5,8,12,14H2,1-2H3,(H,32,35);7,11,15,20-21,24H,4-6,8-10,12-14,16-17H2,1-3H3,(H,30,33). The van der Waals surface area contributed by atoms with Gasteiger partial charge in [0, 0.05) is 111 Å². The second kappa shape index (κ2) is 37.7. The van der Waals surface area contributed by atoms with E-state index in [1.807, 2.05) is 49.4 Å². The van der Waals surface area contributed by atoms with Gasteiger partial charge in [0.15, 0.2) is 40.2 Å². The quantitative estimate of drug-likeness (QED) is 0.0330. The maximum absolute atomic E-state index is 14.9. The molecular weight excluding hydrogens is 1850 g/mol. The lowest BCUT2D eigenvalue weighted by atomic mass is 9.45. The number of fused-ring (bicyclic) bond motifs is 20. The Morgan fingerprint density at radius 1 is 0.370 bits per heavy atom. The van der Waals surface area contributed by atoms with Gasteiger partial charge in [0.25, 0.3) is 23.6 Å². The largest absolute Gasteiger partial charge is 0.350 e. The molecule has 12 fully saturated rings. The van der Waals surface area contributed by atoms with Crippen molar-refractivity contribution < 1.29 is 45.5 Å². The summed E-state index contributed by atoms with van der Waals surface area (Å²) in [5.41, 5.74) is 21.4. The van der Waals surface area contributed by atoms with Gasteiger partial charge in [-0.1, -0.05) is 149 Å². The van der Waals surface area contributed by atoms with Crippen LogP contribution in [0.2, 0.25) is 5.02 Å². The summed E-state index contributed by atoms with van der Waals surface area (Å²) in [6.45, 7) is 26.7. The summed E-state index contributed by atoms with van der Waals surface area (Å²) in [7, 11) is 0. The normalized spacial score (nSPS) is 23.9. The molecular formula is C113H125BrCl2F6N12O4. The van der Waals surface area contributed by atoms with Gasteiger partial charge in [-0.2, -0.15) is 20.4 Å². The molecule has 12 unspecified atom stereocenters. The van der Waals surface area contributed by atoms with Crippen LogP contribution in [0.5, 0.6) is 0 Å². The highest BCUT2D eigenvalue weighted by Crippen LogP contribution is 2.65. The predicted molar refractivity (Wildman–Crippen MR) is 533 cm³/mol. The Bertz CT molecular complexity index is 6150. The van der Waals surface area contributed by atoms with Crippen LogP contribution in [0.15, 0.2) is 132 Å². The van der Waals surface area contributed by atoms with E-state index in [-0.39, 0.29) is 40.7 Å². The zero-order valence-electron chi connectivity index (χ0n) is 80.7. The number of hydrogen-bond donors (Lipinski definition) is 4. The van der Waals surface area contributed by atoms with E-state index in [2.05, 4.69) is 144 Å². The van der Waals surface area contributed by atoms with Gasteiger partial charge in [0.05, 0.1) is 22.8 Å². The summed E-state index contributed by atoms with van der Waals surface area (Å²) in [5, 5.41) is 32.2. The van der Waals surface area contributed by atoms with Crippen molar-refractivity contribution in [2.45, 2.75) is 223 Å². The fourth-order valence-corrected chi connectivity index (χ4v) is 28.0. The third kappa shape index (κ3) is 17.5. The van der Waals surface area contributed by atoms with Crippen molar-refractivity contribution >= 4 is 62.8 Å². The Labute approximate surface area is 823 Å². The average Bonchev–Trinajstić information content (AvgIpc) is 1.72. The monoisotopic (exact) mass is 1980 g/mol. The molecule has 4 N–H and O–H groups in total. The van der Waals surface area contributed by atoms with Crippen molar-refractivity contribution in [2.24, 2.45) is 92.7 Å². The van der Waals surface area contributed by atoms with Crippen LogP contribution >= 0.6 is 39.1 Å². The lowest BCUT2D eigenvalue weighted by molar-refractivity contribution is -0.103. The van der Waals surface area contributed by atoms with Crippen molar-refractivity contribution in [1.82, 2.24) is 60.4 Å². The second-order valence-electron chi connectivity index (χ2n) is 44.3. The molecule has 12 saturated carbocycles. The molecule has 0 radical (unpaired) electrons. The topological polar surface area (TPSA) is 188 Å². The Balaban J connectivity index is 0.000000113. The summed E-state index contributed by atoms with van der Waals surface area (Å²) in [6, 6.07) is 34.7. The number of benzene rings is 7. The van der Waals surface area contributed by atoms with Crippen LogP contribution in [0.4, 0.5) is 26.3 Å². The molecule has 4 heterocycles. The van der Waals surface area contributed by atoms with Crippen LogP contribution in [-0.2, 0) is 57.9 Å². The Kier molecular flexibility index (Phi) is 26.1. The van der Waals surface area contributed by atoms with E-state index in [0.29, 0.717) is 153 Å². The number of aromatic nitrogens is 8.